The molecule has 0 aromatic heterocycles. The normalized spacial score (nSPS) is 11.8. The van der Waals surface area contributed by atoms with E-state index in [2.05, 4.69) is 5.32 Å². The topological polar surface area (TPSA) is 89.3 Å². The molecular formula is C7H12N2O3. The number of hydrogen-bond donors (Lipinski definition) is 2. The highest BCUT2D eigenvalue weighted by atomic mass is 16.2. The summed E-state index contributed by atoms with van der Waals surface area (Å²) < 4.78 is 0. The Kier molecular flexibility index (Phi) is 4.67. The molecule has 0 aliphatic rings. The number of nitrogens with two attached hydrogens (primary N) is 1. The number of hydrogen-bond acceptors (Lipinski definition) is 3. The molecule has 0 saturated heterocycles. The van der Waals surface area contributed by atoms with E-state index in [-0.39, 0.29) is 18.7 Å². The van der Waals surface area contributed by atoms with Crippen LogP contribution in [0.5, 0.6) is 0 Å². The maximum absolute atomic E-state index is 10.7. The van der Waals surface area contributed by atoms with E-state index in [1.165, 1.54) is 0 Å². The molecule has 0 aromatic carbocycles. The second-order valence-corrected chi connectivity index (χ2v) is 2.33. The lowest BCUT2D eigenvalue weighted by Crippen LogP contribution is -2.38. The summed E-state index contributed by atoms with van der Waals surface area (Å²) in [4.78, 5) is 31.4. The standard InChI is InChI=1S/C7H12N2O3/c1-2-7(12)9-5(4-10)3-6(8)11/h4-5H,2-3H2,1H3,(H2,8,11)(H,9,12)/t5-/m0/s1. The molecule has 0 aliphatic heterocycles. The highest BCUT2D eigenvalue weighted by molar-refractivity contribution is 5.83. The number of aldehydes is 1. The lowest BCUT2D eigenvalue weighted by Gasteiger charge is -2.08. The summed E-state index contributed by atoms with van der Waals surface area (Å²) in [5.41, 5.74) is 4.84. The van der Waals surface area contributed by atoms with Gasteiger partial charge in [0.05, 0.1) is 12.5 Å². The Hall–Kier alpha value is -1.39. The van der Waals surface area contributed by atoms with Crippen molar-refractivity contribution in [1.29, 1.82) is 0 Å². The fourth-order valence-corrected chi connectivity index (χ4v) is 0.659. The molecule has 0 unspecified atom stereocenters. The van der Waals surface area contributed by atoms with Gasteiger partial charge in [0.15, 0.2) is 0 Å². The molecule has 2 amide bonds. The molecule has 5 nitrogen and oxygen atoms in total. The minimum absolute atomic E-state index is 0.144. The predicted octanol–water partition coefficient (Wildman–Crippen LogP) is -1.04. The maximum atomic E-state index is 10.7. The van der Waals surface area contributed by atoms with Crippen LogP contribution in [0.4, 0.5) is 0 Å². The molecule has 3 N–H and O–H groups in total. The number of amides is 2. The van der Waals surface area contributed by atoms with Gasteiger partial charge in [0.25, 0.3) is 0 Å². The molecule has 0 bridgehead atoms. The van der Waals surface area contributed by atoms with Crippen LogP contribution >= 0.6 is 0 Å². The van der Waals surface area contributed by atoms with Crippen LogP contribution in [0.3, 0.4) is 0 Å². The zero-order valence-corrected chi connectivity index (χ0v) is 6.87. The highest BCUT2D eigenvalue weighted by Gasteiger charge is 2.11. The van der Waals surface area contributed by atoms with Crippen LogP contribution in [0.15, 0.2) is 0 Å². The molecule has 0 rings (SSSR count). The first kappa shape index (κ1) is 10.6. The number of primary amides is 1. The average molecular weight is 172 g/mol. The molecular weight excluding hydrogens is 160 g/mol. The van der Waals surface area contributed by atoms with Crippen LogP contribution in [0.25, 0.3) is 0 Å². The largest absolute Gasteiger partial charge is 0.370 e. The van der Waals surface area contributed by atoms with Gasteiger partial charge in [-0.1, -0.05) is 6.92 Å². The zero-order valence-electron chi connectivity index (χ0n) is 6.87. The molecule has 5 heteroatoms. The van der Waals surface area contributed by atoms with Gasteiger partial charge >= 0.3 is 0 Å². The maximum Gasteiger partial charge on any atom is 0.220 e. The summed E-state index contributed by atoms with van der Waals surface area (Å²) in [5, 5.41) is 2.34. The van der Waals surface area contributed by atoms with Crippen molar-refractivity contribution in [1.82, 2.24) is 5.32 Å². The van der Waals surface area contributed by atoms with E-state index in [4.69, 9.17) is 5.73 Å². The van der Waals surface area contributed by atoms with Crippen molar-refractivity contribution in [3.8, 4) is 0 Å². The Balaban J connectivity index is 3.90. The zero-order chi connectivity index (χ0) is 9.56. The van der Waals surface area contributed by atoms with Crippen LogP contribution in [0.1, 0.15) is 19.8 Å². The van der Waals surface area contributed by atoms with Gasteiger partial charge in [-0.3, -0.25) is 9.59 Å². The lowest BCUT2D eigenvalue weighted by atomic mass is 10.2. The van der Waals surface area contributed by atoms with Gasteiger partial charge in [-0.25, -0.2) is 0 Å². The van der Waals surface area contributed by atoms with E-state index >= 15 is 0 Å². The Morgan fingerprint density at radius 3 is 2.50 bits per heavy atom. The van der Waals surface area contributed by atoms with Crippen molar-refractivity contribution in [2.45, 2.75) is 25.8 Å². The van der Waals surface area contributed by atoms with Crippen molar-refractivity contribution in [2.24, 2.45) is 5.73 Å². The summed E-state index contributed by atoms with van der Waals surface area (Å²) in [7, 11) is 0. The molecule has 0 saturated carbocycles. The third-order valence-electron chi connectivity index (χ3n) is 1.25. The van der Waals surface area contributed by atoms with Crippen LogP contribution in [0, 0.1) is 0 Å². The number of rotatable bonds is 5. The van der Waals surface area contributed by atoms with E-state index in [0.717, 1.165) is 0 Å². The average Bonchev–Trinajstić information content (AvgIpc) is 2.02. The minimum Gasteiger partial charge on any atom is -0.370 e. The van der Waals surface area contributed by atoms with E-state index in [9.17, 15) is 14.4 Å². The summed E-state index contributed by atoms with van der Waals surface area (Å²) in [6.45, 7) is 1.65. The molecule has 0 heterocycles. The summed E-state index contributed by atoms with van der Waals surface area (Å²) in [6.07, 6.45) is 0.636. The smallest absolute Gasteiger partial charge is 0.220 e. The first-order chi connectivity index (χ1) is 5.60. The van der Waals surface area contributed by atoms with E-state index < -0.39 is 11.9 Å². The Bertz CT molecular complexity index is 191. The van der Waals surface area contributed by atoms with Crippen LogP contribution in [0.2, 0.25) is 0 Å². The Morgan fingerprint density at radius 2 is 2.17 bits per heavy atom. The SMILES string of the molecule is CCC(=O)N[C@H](C=O)CC(N)=O. The fraction of sp³-hybridized carbons (Fsp3) is 0.571. The van der Waals surface area contributed by atoms with Crippen LogP contribution in [-0.4, -0.2) is 24.1 Å². The van der Waals surface area contributed by atoms with Gasteiger partial charge in [0, 0.05) is 6.42 Å². The van der Waals surface area contributed by atoms with E-state index in [1.807, 2.05) is 0 Å². The quantitative estimate of drug-likeness (QED) is 0.519. The molecule has 1 atom stereocenters. The van der Waals surface area contributed by atoms with Crippen molar-refractivity contribution < 1.29 is 14.4 Å². The molecule has 12 heavy (non-hydrogen) atoms. The van der Waals surface area contributed by atoms with Crippen molar-refractivity contribution in [3.05, 3.63) is 0 Å². The number of carbonyl (C=O) groups is 3. The molecule has 0 fully saturated rings. The molecule has 0 aromatic rings. The summed E-state index contributed by atoms with van der Waals surface area (Å²) in [5.74, 6) is -0.878. The lowest BCUT2D eigenvalue weighted by molar-refractivity contribution is -0.125. The second kappa shape index (κ2) is 5.29. The molecule has 0 radical (unpaired) electrons. The molecule has 68 valence electrons. The van der Waals surface area contributed by atoms with Crippen LogP contribution in [-0.2, 0) is 14.4 Å². The molecule has 0 spiro atoms. The van der Waals surface area contributed by atoms with E-state index in [0.29, 0.717) is 6.29 Å². The van der Waals surface area contributed by atoms with Gasteiger partial charge in [-0.05, 0) is 0 Å². The fourth-order valence-electron chi connectivity index (χ4n) is 0.659. The monoisotopic (exact) mass is 172 g/mol. The first-order valence-corrected chi connectivity index (χ1v) is 3.63. The van der Waals surface area contributed by atoms with Crippen LogP contribution < -0.4 is 11.1 Å². The third kappa shape index (κ3) is 4.43. The third-order valence-corrected chi connectivity index (χ3v) is 1.25. The Labute approximate surface area is 70.3 Å². The Morgan fingerprint density at radius 1 is 1.58 bits per heavy atom. The number of nitrogens with one attached hydrogen (secondary N) is 1. The van der Waals surface area contributed by atoms with Gasteiger partial charge in [-0.15, -0.1) is 0 Å². The minimum atomic E-state index is -0.782. The summed E-state index contributed by atoms with van der Waals surface area (Å²) >= 11 is 0. The summed E-state index contributed by atoms with van der Waals surface area (Å²) in [6, 6.07) is -0.782. The van der Waals surface area contributed by atoms with Gasteiger partial charge < -0.3 is 15.8 Å². The van der Waals surface area contributed by atoms with Gasteiger partial charge in [0.2, 0.25) is 11.8 Å². The number of carbonyl (C=O) groups excluding carboxylic acids is 3. The van der Waals surface area contributed by atoms with Gasteiger partial charge in [0.1, 0.15) is 6.29 Å². The second-order valence-electron chi connectivity index (χ2n) is 2.33. The van der Waals surface area contributed by atoms with Crippen molar-refractivity contribution in [3.63, 3.8) is 0 Å². The van der Waals surface area contributed by atoms with Crippen molar-refractivity contribution in [2.75, 3.05) is 0 Å². The first-order valence-electron chi connectivity index (χ1n) is 3.63. The molecule has 0 aliphatic carbocycles. The van der Waals surface area contributed by atoms with Gasteiger partial charge in [-0.2, -0.15) is 0 Å². The van der Waals surface area contributed by atoms with E-state index in [1.54, 1.807) is 6.92 Å². The van der Waals surface area contributed by atoms with Crippen molar-refractivity contribution >= 4 is 18.1 Å². The highest BCUT2D eigenvalue weighted by Crippen LogP contribution is 1.88. The predicted molar refractivity (Wildman–Crippen MR) is 42.1 cm³/mol.